The summed E-state index contributed by atoms with van der Waals surface area (Å²) in [6.45, 7) is 5.84. The largest absolute Gasteiger partial charge is 0.355 e. The van der Waals surface area contributed by atoms with Crippen molar-refractivity contribution in [1.82, 2.24) is 10.7 Å². The first-order valence-electron chi connectivity index (χ1n) is 10.2. The molecule has 0 radical (unpaired) electrons. The molecule has 0 aliphatic heterocycles. The maximum atomic E-state index is 12.2. The highest BCUT2D eigenvalue weighted by molar-refractivity contribution is 6.35. The van der Waals surface area contributed by atoms with Gasteiger partial charge in [-0.1, -0.05) is 54.1 Å². The van der Waals surface area contributed by atoms with Crippen LogP contribution < -0.4 is 16.1 Å². The van der Waals surface area contributed by atoms with Crippen LogP contribution in [0.15, 0.2) is 71.8 Å². The van der Waals surface area contributed by atoms with Gasteiger partial charge >= 0.3 is 11.8 Å². The Kier molecular flexibility index (Phi) is 7.63. The van der Waals surface area contributed by atoms with Gasteiger partial charge in [-0.2, -0.15) is 5.10 Å². The molecule has 0 unspecified atom stereocenters. The molecule has 0 aliphatic carbocycles. The van der Waals surface area contributed by atoms with E-state index in [1.54, 1.807) is 19.1 Å². The van der Waals surface area contributed by atoms with E-state index >= 15 is 0 Å². The van der Waals surface area contributed by atoms with Gasteiger partial charge in [-0.3, -0.25) is 9.59 Å². The van der Waals surface area contributed by atoms with Gasteiger partial charge in [0.2, 0.25) is 0 Å². The molecule has 164 valence electrons. The Morgan fingerprint density at radius 3 is 2.44 bits per heavy atom. The lowest BCUT2D eigenvalue weighted by Gasteiger charge is -2.14. The van der Waals surface area contributed by atoms with Crippen LogP contribution in [0.3, 0.4) is 0 Å². The highest BCUT2D eigenvalue weighted by Gasteiger charge is 2.16. The zero-order chi connectivity index (χ0) is 23.1. The molecule has 0 fully saturated rings. The van der Waals surface area contributed by atoms with Crippen molar-refractivity contribution in [2.45, 2.75) is 26.8 Å². The van der Waals surface area contributed by atoms with Crippen molar-refractivity contribution in [1.29, 1.82) is 0 Å². The summed E-state index contributed by atoms with van der Waals surface area (Å²) >= 11 is 6.14. The summed E-state index contributed by atoms with van der Waals surface area (Å²) in [6, 6.07) is 20.5. The van der Waals surface area contributed by atoms with Gasteiger partial charge in [-0.05, 0) is 61.7 Å². The molecule has 0 saturated carbocycles. The normalized spacial score (nSPS) is 11.8. The minimum atomic E-state index is -0.852. The van der Waals surface area contributed by atoms with E-state index in [0.717, 1.165) is 28.1 Å². The fourth-order valence-corrected chi connectivity index (χ4v) is 3.25. The van der Waals surface area contributed by atoms with Crippen molar-refractivity contribution in [2.75, 3.05) is 5.32 Å². The van der Waals surface area contributed by atoms with Gasteiger partial charge in [0.25, 0.3) is 0 Å². The summed E-state index contributed by atoms with van der Waals surface area (Å²) in [5.74, 6) is -1.62. The number of hydrazone groups is 1. The first-order valence-corrected chi connectivity index (χ1v) is 10.5. The molecule has 1 atom stereocenters. The van der Waals surface area contributed by atoms with E-state index in [2.05, 4.69) is 21.2 Å². The lowest BCUT2D eigenvalue weighted by atomic mass is 10.1. The number of benzene rings is 3. The predicted molar refractivity (Wildman–Crippen MR) is 129 cm³/mol. The molecule has 3 rings (SSSR count). The van der Waals surface area contributed by atoms with Crippen LogP contribution in [0.5, 0.6) is 0 Å². The van der Waals surface area contributed by atoms with Crippen molar-refractivity contribution in [3.8, 4) is 0 Å². The smallest absolute Gasteiger partial charge is 0.329 e. The number of hydrogen-bond acceptors (Lipinski definition) is 4. The molecule has 3 aromatic carbocycles. The summed E-state index contributed by atoms with van der Waals surface area (Å²) in [5, 5.41) is 10.5. The second-order valence-corrected chi connectivity index (χ2v) is 7.92. The number of nitrogens with one attached hydrogen (secondary N) is 3. The van der Waals surface area contributed by atoms with Crippen LogP contribution in [0.2, 0.25) is 5.02 Å². The third-order valence-electron chi connectivity index (χ3n) is 4.90. The number of hydrogen-bond donors (Lipinski definition) is 3. The van der Waals surface area contributed by atoms with Crippen molar-refractivity contribution < 1.29 is 9.59 Å². The highest BCUT2D eigenvalue weighted by Crippen LogP contribution is 2.26. The molecule has 0 saturated heterocycles. The summed E-state index contributed by atoms with van der Waals surface area (Å²) in [4.78, 5) is 24.3. The van der Waals surface area contributed by atoms with Crippen molar-refractivity contribution in [3.05, 3.63) is 94.0 Å². The van der Waals surface area contributed by atoms with E-state index in [1.165, 1.54) is 6.21 Å². The third-order valence-corrected chi connectivity index (χ3v) is 5.13. The first kappa shape index (κ1) is 23.0. The molecule has 3 N–H and O–H groups in total. The van der Waals surface area contributed by atoms with Crippen molar-refractivity contribution >= 4 is 41.0 Å². The van der Waals surface area contributed by atoms with Crippen LogP contribution in [0, 0.1) is 13.8 Å². The lowest BCUT2D eigenvalue weighted by Crippen LogP contribution is -2.39. The van der Waals surface area contributed by atoms with E-state index in [1.807, 2.05) is 68.4 Å². The first-order chi connectivity index (χ1) is 15.3. The molecule has 2 amide bonds. The van der Waals surface area contributed by atoms with Crippen LogP contribution in [0.1, 0.15) is 35.2 Å². The molecule has 32 heavy (non-hydrogen) atoms. The number of amides is 2. The quantitative estimate of drug-likeness (QED) is 0.281. The molecule has 0 spiro atoms. The summed E-state index contributed by atoms with van der Waals surface area (Å²) in [5.41, 5.74) is 7.78. The standard InChI is InChI=1S/C25H25ClN4O2/c1-16-9-10-17(2)23(13-16)29-22-12-11-21(26)14-20(22)15-27-30-25(32)24(31)28-18(3)19-7-5-4-6-8-19/h4-15,18,29H,1-3H3,(H,28,31)(H,30,32)/b27-15-/t18-/m1/s1. The van der Waals surface area contributed by atoms with Crippen LogP contribution in [0.4, 0.5) is 11.4 Å². The van der Waals surface area contributed by atoms with E-state index in [0.29, 0.717) is 10.6 Å². The Morgan fingerprint density at radius 2 is 1.69 bits per heavy atom. The second kappa shape index (κ2) is 10.6. The fraction of sp³-hybridized carbons (Fsp3) is 0.160. The summed E-state index contributed by atoms with van der Waals surface area (Å²) in [6.07, 6.45) is 1.45. The average molecular weight is 449 g/mol. The van der Waals surface area contributed by atoms with Gasteiger partial charge in [0.05, 0.1) is 12.3 Å². The molecule has 0 aliphatic rings. The molecule has 3 aromatic rings. The number of aryl methyl sites for hydroxylation is 2. The second-order valence-electron chi connectivity index (χ2n) is 7.48. The van der Waals surface area contributed by atoms with E-state index < -0.39 is 11.8 Å². The molecule has 6 nitrogen and oxygen atoms in total. The zero-order valence-corrected chi connectivity index (χ0v) is 18.9. The molecular weight excluding hydrogens is 424 g/mol. The molecular formula is C25H25ClN4O2. The SMILES string of the molecule is Cc1ccc(C)c(Nc2ccc(Cl)cc2/C=N\NC(=O)C(=O)N[C@H](C)c2ccccc2)c1. The zero-order valence-electron chi connectivity index (χ0n) is 18.1. The number of carbonyl (C=O) groups excluding carboxylic acids is 2. The van der Waals surface area contributed by atoms with Crippen LogP contribution >= 0.6 is 11.6 Å². The Morgan fingerprint density at radius 1 is 0.938 bits per heavy atom. The van der Waals surface area contributed by atoms with E-state index in [9.17, 15) is 9.59 Å². The molecule has 0 bridgehead atoms. The van der Waals surface area contributed by atoms with Gasteiger partial charge in [-0.15, -0.1) is 0 Å². The van der Waals surface area contributed by atoms with Gasteiger partial charge in [0.1, 0.15) is 0 Å². The summed E-state index contributed by atoms with van der Waals surface area (Å²) < 4.78 is 0. The fourth-order valence-electron chi connectivity index (χ4n) is 3.07. The Hall–Kier alpha value is -3.64. The highest BCUT2D eigenvalue weighted by atomic mass is 35.5. The molecule has 0 aromatic heterocycles. The van der Waals surface area contributed by atoms with Crippen LogP contribution in [0.25, 0.3) is 0 Å². The third kappa shape index (κ3) is 6.18. The summed E-state index contributed by atoms with van der Waals surface area (Å²) in [7, 11) is 0. The number of halogens is 1. The predicted octanol–water partition coefficient (Wildman–Crippen LogP) is 5.03. The Bertz CT molecular complexity index is 1150. The monoisotopic (exact) mass is 448 g/mol. The topological polar surface area (TPSA) is 82.6 Å². The Labute approximate surface area is 192 Å². The Balaban J connectivity index is 1.67. The van der Waals surface area contributed by atoms with Crippen LogP contribution in [-0.4, -0.2) is 18.0 Å². The van der Waals surface area contributed by atoms with Crippen molar-refractivity contribution in [3.63, 3.8) is 0 Å². The van der Waals surface area contributed by atoms with E-state index in [4.69, 9.17) is 11.6 Å². The minimum absolute atomic E-state index is 0.306. The maximum absolute atomic E-state index is 12.2. The number of rotatable bonds is 6. The van der Waals surface area contributed by atoms with Gasteiger partial charge < -0.3 is 10.6 Å². The average Bonchev–Trinajstić information content (AvgIpc) is 2.78. The van der Waals surface area contributed by atoms with Gasteiger partial charge in [0, 0.05) is 22.0 Å². The van der Waals surface area contributed by atoms with Gasteiger partial charge in [-0.25, -0.2) is 5.43 Å². The molecule has 7 heteroatoms. The van der Waals surface area contributed by atoms with Crippen LogP contribution in [-0.2, 0) is 9.59 Å². The molecule has 0 heterocycles. The van der Waals surface area contributed by atoms with Crippen molar-refractivity contribution in [2.24, 2.45) is 5.10 Å². The number of nitrogens with zero attached hydrogens (tertiary/aromatic N) is 1. The lowest BCUT2D eigenvalue weighted by molar-refractivity contribution is -0.139. The van der Waals surface area contributed by atoms with E-state index in [-0.39, 0.29) is 6.04 Å². The number of anilines is 2. The van der Waals surface area contributed by atoms with Gasteiger partial charge in [0.15, 0.2) is 0 Å². The maximum Gasteiger partial charge on any atom is 0.329 e. The number of carbonyl (C=O) groups is 2. The minimum Gasteiger partial charge on any atom is -0.355 e.